The molecule has 0 saturated heterocycles. The summed E-state index contributed by atoms with van der Waals surface area (Å²) in [6, 6.07) is 7.12. The van der Waals surface area contributed by atoms with Crippen molar-refractivity contribution in [1.29, 1.82) is 0 Å². The van der Waals surface area contributed by atoms with Gasteiger partial charge in [0.2, 0.25) is 11.8 Å². The summed E-state index contributed by atoms with van der Waals surface area (Å²) in [6.07, 6.45) is -0.0955. The number of para-hydroxylation sites is 1. The lowest BCUT2D eigenvalue weighted by atomic mass is 9.89. The van der Waals surface area contributed by atoms with Crippen LogP contribution in [0.3, 0.4) is 0 Å². The van der Waals surface area contributed by atoms with E-state index in [1.54, 1.807) is 32.0 Å². The van der Waals surface area contributed by atoms with E-state index in [-0.39, 0.29) is 24.5 Å². The molecular weight excluding hydrogens is 364 g/mol. The van der Waals surface area contributed by atoms with Crippen molar-refractivity contribution in [2.75, 3.05) is 11.9 Å². The predicted octanol–water partition coefficient (Wildman–Crippen LogP) is 2.36. The van der Waals surface area contributed by atoms with Crippen LogP contribution >= 0.6 is 15.9 Å². The zero-order valence-corrected chi connectivity index (χ0v) is 14.4. The molecule has 7 heteroatoms. The van der Waals surface area contributed by atoms with Gasteiger partial charge in [-0.15, -0.1) is 0 Å². The van der Waals surface area contributed by atoms with Crippen molar-refractivity contribution in [3.05, 3.63) is 40.0 Å². The largest absolute Gasteiger partial charge is 0.463 e. The number of nitrogens with one attached hydrogen (secondary N) is 2. The van der Waals surface area contributed by atoms with Crippen molar-refractivity contribution in [3.8, 4) is 0 Å². The van der Waals surface area contributed by atoms with Crippen LogP contribution < -0.4 is 10.6 Å². The van der Waals surface area contributed by atoms with Crippen molar-refractivity contribution in [2.24, 2.45) is 5.92 Å². The molecule has 2 N–H and O–H groups in total. The van der Waals surface area contributed by atoms with E-state index in [2.05, 4.69) is 26.6 Å². The number of anilines is 1. The van der Waals surface area contributed by atoms with Crippen molar-refractivity contribution < 1.29 is 19.1 Å². The summed E-state index contributed by atoms with van der Waals surface area (Å²) in [5, 5.41) is 5.32. The van der Waals surface area contributed by atoms with Gasteiger partial charge in [-0.05, 0) is 41.9 Å². The third kappa shape index (κ3) is 3.98. The second kappa shape index (κ2) is 7.41. The van der Waals surface area contributed by atoms with Crippen molar-refractivity contribution in [3.63, 3.8) is 0 Å². The Morgan fingerprint density at radius 3 is 2.74 bits per heavy atom. The number of hydrogen-bond donors (Lipinski definition) is 2. The van der Waals surface area contributed by atoms with Crippen molar-refractivity contribution in [1.82, 2.24) is 5.32 Å². The molecule has 0 aliphatic carbocycles. The number of carbonyl (C=O) groups is 3. The summed E-state index contributed by atoms with van der Waals surface area (Å²) in [5.74, 6) is -2.19. The standard InChI is InChI=1S/C16H17BrN2O4/c1-3-23-16(22)14-9(2)18-13(20)8-10(14)15(21)19-12-7-5-4-6-11(12)17/h4-7,10H,3,8H2,1-2H3,(H,18,20)(H,19,21)/t10-/m1/s1. The van der Waals surface area contributed by atoms with E-state index in [4.69, 9.17) is 4.74 Å². The monoisotopic (exact) mass is 380 g/mol. The zero-order chi connectivity index (χ0) is 17.0. The van der Waals surface area contributed by atoms with E-state index >= 15 is 0 Å². The molecular formula is C16H17BrN2O4. The molecule has 0 spiro atoms. The molecule has 0 bridgehead atoms. The fourth-order valence-corrected chi connectivity index (χ4v) is 2.77. The number of carbonyl (C=O) groups excluding carboxylic acids is 3. The minimum absolute atomic E-state index is 0.0955. The highest BCUT2D eigenvalue weighted by atomic mass is 79.9. The maximum absolute atomic E-state index is 12.6. The lowest BCUT2D eigenvalue weighted by Gasteiger charge is -2.25. The van der Waals surface area contributed by atoms with Gasteiger partial charge in [-0.2, -0.15) is 0 Å². The first-order valence-corrected chi connectivity index (χ1v) is 7.96. The molecule has 122 valence electrons. The van der Waals surface area contributed by atoms with E-state index in [0.717, 1.165) is 0 Å². The first-order chi connectivity index (χ1) is 10.9. The van der Waals surface area contributed by atoms with Crippen LogP contribution in [0.25, 0.3) is 0 Å². The molecule has 2 rings (SSSR count). The first kappa shape index (κ1) is 17.2. The highest BCUT2D eigenvalue weighted by Crippen LogP contribution is 2.28. The number of amides is 2. The van der Waals surface area contributed by atoms with Gasteiger partial charge in [-0.25, -0.2) is 4.79 Å². The molecule has 1 aliphatic rings. The minimum atomic E-state index is -0.880. The Labute approximate surface area is 142 Å². The molecule has 1 atom stereocenters. The van der Waals surface area contributed by atoms with Gasteiger partial charge in [0.1, 0.15) is 0 Å². The maximum atomic E-state index is 12.6. The molecule has 1 heterocycles. The van der Waals surface area contributed by atoms with E-state index in [9.17, 15) is 14.4 Å². The Kier molecular flexibility index (Phi) is 5.54. The van der Waals surface area contributed by atoms with E-state index in [1.807, 2.05) is 6.07 Å². The third-order valence-corrected chi connectivity index (χ3v) is 4.10. The predicted molar refractivity (Wildman–Crippen MR) is 88.4 cm³/mol. The normalized spacial score (nSPS) is 17.5. The van der Waals surface area contributed by atoms with Gasteiger partial charge in [-0.3, -0.25) is 9.59 Å². The van der Waals surface area contributed by atoms with Gasteiger partial charge >= 0.3 is 5.97 Å². The lowest BCUT2D eigenvalue weighted by molar-refractivity contribution is -0.141. The van der Waals surface area contributed by atoms with Crippen LogP contribution in [0.4, 0.5) is 5.69 Å². The van der Waals surface area contributed by atoms with Gasteiger partial charge < -0.3 is 15.4 Å². The van der Waals surface area contributed by atoms with Crippen molar-refractivity contribution in [2.45, 2.75) is 20.3 Å². The number of benzene rings is 1. The Bertz CT molecular complexity index is 684. The molecule has 0 aromatic heterocycles. The fraction of sp³-hybridized carbons (Fsp3) is 0.312. The highest BCUT2D eigenvalue weighted by molar-refractivity contribution is 9.10. The van der Waals surface area contributed by atoms with E-state index in [1.165, 1.54) is 0 Å². The molecule has 0 saturated carbocycles. The number of halogens is 1. The van der Waals surface area contributed by atoms with Crippen LogP contribution in [0, 0.1) is 5.92 Å². The van der Waals surface area contributed by atoms with Crippen LogP contribution in [0.15, 0.2) is 40.0 Å². The molecule has 1 aliphatic heterocycles. The smallest absolute Gasteiger partial charge is 0.336 e. The van der Waals surface area contributed by atoms with Crippen molar-refractivity contribution >= 4 is 39.4 Å². The van der Waals surface area contributed by atoms with Crippen LogP contribution in [-0.4, -0.2) is 24.4 Å². The van der Waals surface area contributed by atoms with Gasteiger partial charge in [-0.1, -0.05) is 12.1 Å². The van der Waals surface area contributed by atoms with Gasteiger partial charge in [0.25, 0.3) is 0 Å². The highest BCUT2D eigenvalue weighted by Gasteiger charge is 2.36. The molecule has 2 amide bonds. The van der Waals surface area contributed by atoms with Gasteiger partial charge in [0, 0.05) is 16.6 Å². The number of rotatable bonds is 4. The van der Waals surface area contributed by atoms with Gasteiger partial charge in [0.15, 0.2) is 0 Å². The lowest BCUT2D eigenvalue weighted by Crippen LogP contribution is -2.40. The minimum Gasteiger partial charge on any atom is -0.463 e. The van der Waals surface area contributed by atoms with E-state index < -0.39 is 17.8 Å². The summed E-state index contributed by atoms with van der Waals surface area (Å²) < 4.78 is 5.72. The second-order valence-electron chi connectivity index (χ2n) is 5.03. The molecule has 0 unspecified atom stereocenters. The summed E-state index contributed by atoms with van der Waals surface area (Å²) in [6.45, 7) is 3.47. The zero-order valence-electron chi connectivity index (χ0n) is 12.8. The van der Waals surface area contributed by atoms with Crippen LogP contribution in [0.1, 0.15) is 20.3 Å². The maximum Gasteiger partial charge on any atom is 0.336 e. The van der Waals surface area contributed by atoms with Crippen LogP contribution in [-0.2, 0) is 19.1 Å². The second-order valence-corrected chi connectivity index (χ2v) is 5.89. The number of esters is 1. The molecule has 1 aromatic rings. The Morgan fingerprint density at radius 2 is 2.09 bits per heavy atom. The molecule has 23 heavy (non-hydrogen) atoms. The van der Waals surface area contributed by atoms with E-state index in [0.29, 0.717) is 15.9 Å². The number of allylic oxidation sites excluding steroid dienone is 1. The summed E-state index contributed by atoms with van der Waals surface area (Å²) >= 11 is 3.34. The average Bonchev–Trinajstić information content (AvgIpc) is 2.48. The number of ether oxygens (including phenoxy) is 1. The molecule has 0 fully saturated rings. The third-order valence-electron chi connectivity index (χ3n) is 3.41. The SMILES string of the molecule is CCOC(=O)C1=C(C)NC(=O)C[C@H]1C(=O)Nc1ccccc1Br. The Balaban J connectivity index is 2.28. The Hall–Kier alpha value is -2.15. The molecule has 0 radical (unpaired) electrons. The van der Waals surface area contributed by atoms with Crippen LogP contribution in [0.5, 0.6) is 0 Å². The molecule has 1 aromatic carbocycles. The van der Waals surface area contributed by atoms with Crippen LogP contribution in [0.2, 0.25) is 0 Å². The number of hydrogen-bond acceptors (Lipinski definition) is 4. The Morgan fingerprint density at radius 1 is 1.39 bits per heavy atom. The first-order valence-electron chi connectivity index (χ1n) is 7.17. The van der Waals surface area contributed by atoms with Gasteiger partial charge in [0.05, 0.1) is 23.8 Å². The molecule has 6 nitrogen and oxygen atoms in total. The quantitative estimate of drug-likeness (QED) is 0.785. The summed E-state index contributed by atoms with van der Waals surface area (Å²) in [4.78, 5) is 36.5. The summed E-state index contributed by atoms with van der Waals surface area (Å²) in [5.41, 5.74) is 1.12. The summed E-state index contributed by atoms with van der Waals surface area (Å²) in [7, 11) is 0. The fourth-order valence-electron chi connectivity index (χ4n) is 2.39. The topological polar surface area (TPSA) is 84.5 Å². The average molecular weight is 381 g/mol.